The lowest BCUT2D eigenvalue weighted by atomic mass is 10.1. The first-order chi connectivity index (χ1) is 10.2. The van der Waals surface area contributed by atoms with Crippen molar-refractivity contribution in [1.29, 1.82) is 0 Å². The Balaban J connectivity index is 1.94. The maximum Gasteiger partial charge on any atom is 0.337 e. The van der Waals surface area contributed by atoms with Gasteiger partial charge in [0.05, 0.1) is 18.7 Å². The number of aliphatic hydroxyl groups excluding tert-OH is 1. The molecule has 1 N–H and O–H groups in total. The molecule has 0 aliphatic carbocycles. The topological polar surface area (TPSA) is 75.0 Å². The van der Waals surface area contributed by atoms with Gasteiger partial charge in [-0.05, 0) is 13.3 Å². The van der Waals surface area contributed by atoms with E-state index >= 15 is 0 Å². The molecule has 0 bridgehead atoms. The van der Waals surface area contributed by atoms with Crippen LogP contribution in [0.3, 0.4) is 0 Å². The van der Waals surface area contributed by atoms with Gasteiger partial charge < -0.3 is 14.7 Å². The SMILES string of the molecule is CCOC(=O)C1=C2CC(CO)CN2C(c2nccs2)=NC1. The minimum absolute atomic E-state index is 0.0985. The molecule has 1 unspecified atom stereocenters. The zero-order valence-corrected chi connectivity index (χ0v) is 12.6. The molecule has 3 rings (SSSR count). The second-order valence-electron chi connectivity index (χ2n) is 4.99. The summed E-state index contributed by atoms with van der Waals surface area (Å²) in [4.78, 5) is 22.9. The molecule has 1 aromatic rings. The first-order valence-corrected chi connectivity index (χ1v) is 7.84. The average Bonchev–Trinajstić information content (AvgIpc) is 3.15. The number of aliphatic hydroxyl groups is 1. The van der Waals surface area contributed by atoms with Crippen LogP contribution in [0.25, 0.3) is 0 Å². The number of rotatable bonds is 4. The first-order valence-electron chi connectivity index (χ1n) is 6.96. The van der Waals surface area contributed by atoms with Crippen LogP contribution < -0.4 is 0 Å². The molecule has 1 saturated heterocycles. The maximum absolute atomic E-state index is 12.1. The quantitative estimate of drug-likeness (QED) is 0.841. The van der Waals surface area contributed by atoms with Gasteiger partial charge >= 0.3 is 5.97 Å². The Kier molecular flexibility index (Phi) is 4.03. The summed E-state index contributed by atoms with van der Waals surface area (Å²) in [6.45, 7) is 3.22. The van der Waals surface area contributed by atoms with E-state index in [2.05, 4.69) is 9.98 Å². The standard InChI is InChI=1S/C14H17N3O3S/c1-2-20-14(19)10-6-16-12(13-15-3-4-21-13)17-7-9(8-18)5-11(10)17/h3-4,9,18H,2,5-8H2,1H3. The van der Waals surface area contributed by atoms with Gasteiger partial charge in [-0.25, -0.2) is 9.78 Å². The van der Waals surface area contributed by atoms with E-state index in [9.17, 15) is 9.90 Å². The van der Waals surface area contributed by atoms with Crippen molar-refractivity contribution in [2.45, 2.75) is 13.3 Å². The molecule has 1 aromatic heterocycles. The van der Waals surface area contributed by atoms with Crippen LogP contribution in [-0.2, 0) is 9.53 Å². The smallest absolute Gasteiger partial charge is 0.337 e. The molecule has 0 aromatic carbocycles. The van der Waals surface area contributed by atoms with Crippen molar-refractivity contribution in [3.63, 3.8) is 0 Å². The van der Waals surface area contributed by atoms with E-state index in [1.807, 2.05) is 10.3 Å². The first kappa shape index (κ1) is 14.2. The predicted molar refractivity (Wildman–Crippen MR) is 79.1 cm³/mol. The van der Waals surface area contributed by atoms with Crippen molar-refractivity contribution in [2.75, 3.05) is 26.3 Å². The lowest BCUT2D eigenvalue weighted by molar-refractivity contribution is -0.138. The molecule has 1 atom stereocenters. The van der Waals surface area contributed by atoms with E-state index in [0.29, 0.717) is 31.7 Å². The largest absolute Gasteiger partial charge is 0.463 e. The zero-order chi connectivity index (χ0) is 14.8. The minimum atomic E-state index is -0.307. The molecule has 2 aliphatic rings. The molecule has 6 nitrogen and oxygen atoms in total. The van der Waals surface area contributed by atoms with Crippen LogP contribution in [0.4, 0.5) is 0 Å². The molecule has 1 fully saturated rings. The van der Waals surface area contributed by atoms with E-state index in [1.165, 1.54) is 11.3 Å². The number of ether oxygens (including phenoxy) is 1. The van der Waals surface area contributed by atoms with Crippen LogP contribution in [0, 0.1) is 5.92 Å². The fraction of sp³-hybridized carbons (Fsp3) is 0.500. The molecule has 7 heteroatoms. The number of thiazole rings is 1. The number of carbonyl (C=O) groups excluding carboxylic acids is 1. The van der Waals surface area contributed by atoms with Crippen molar-refractivity contribution in [2.24, 2.45) is 10.9 Å². The van der Waals surface area contributed by atoms with Crippen LogP contribution in [0.2, 0.25) is 0 Å². The summed E-state index contributed by atoms with van der Waals surface area (Å²) < 4.78 is 5.12. The third-order valence-corrected chi connectivity index (χ3v) is 4.41. The summed E-state index contributed by atoms with van der Waals surface area (Å²) in [7, 11) is 0. The number of nitrogens with zero attached hydrogens (tertiary/aromatic N) is 3. The Bertz CT molecular complexity index is 595. The van der Waals surface area contributed by atoms with Gasteiger partial charge in [0.15, 0.2) is 10.8 Å². The number of allylic oxidation sites excluding steroid dienone is 1. The summed E-state index contributed by atoms with van der Waals surface area (Å²) in [6.07, 6.45) is 2.42. The van der Waals surface area contributed by atoms with Gasteiger partial charge in [-0.15, -0.1) is 11.3 Å². The zero-order valence-electron chi connectivity index (χ0n) is 11.8. The highest BCUT2D eigenvalue weighted by molar-refractivity contribution is 7.11. The molecule has 112 valence electrons. The molecule has 0 radical (unpaired) electrons. The van der Waals surface area contributed by atoms with Gasteiger partial charge in [-0.1, -0.05) is 0 Å². The second kappa shape index (κ2) is 5.95. The van der Waals surface area contributed by atoms with Gasteiger partial charge in [0, 0.05) is 36.3 Å². The van der Waals surface area contributed by atoms with E-state index in [1.54, 1.807) is 13.1 Å². The lowest BCUT2D eigenvalue weighted by Crippen LogP contribution is -2.34. The third kappa shape index (κ3) is 2.58. The number of hydrogen-bond donors (Lipinski definition) is 1. The van der Waals surface area contributed by atoms with Gasteiger partial charge in [0.1, 0.15) is 0 Å². The highest BCUT2D eigenvalue weighted by Crippen LogP contribution is 2.34. The Morgan fingerprint density at radius 3 is 3.14 bits per heavy atom. The van der Waals surface area contributed by atoms with E-state index < -0.39 is 0 Å². The summed E-state index contributed by atoms with van der Waals surface area (Å²) >= 11 is 1.52. The summed E-state index contributed by atoms with van der Waals surface area (Å²) in [5.74, 6) is 0.606. The average molecular weight is 307 g/mol. The van der Waals surface area contributed by atoms with Crippen molar-refractivity contribution < 1.29 is 14.6 Å². The normalized spacial score (nSPS) is 21.3. The summed E-state index contributed by atoms with van der Waals surface area (Å²) in [6, 6.07) is 0. The summed E-state index contributed by atoms with van der Waals surface area (Å²) in [5.41, 5.74) is 1.53. The van der Waals surface area contributed by atoms with Crippen LogP contribution in [0.5, 0.6) is 0 Å². The lowest BCUT2D eigenvalue weighted by Gasteiger charge is -2.26. The number of fused-ring (bicyclic) bond motifs is 1. The van der Waals surface area contributed by atoms with Gasteiger partial charge in [-0.2, -0.15) is 0 Å². The molecular formula is C14H17N3O3S. The van der Waals surface area contributed by atoms with E-state index in [-0.39, 0.29) is 18.5 Å². The number of hydrogen-bond acceptors (Lipinski definition) is 7. The number of amidine groups is 1. The fourth-order valence-electron chi connectivity index (χ4n) is 2.69. The number of aliphatic imine (C=N–C) groups is 1. The van der Waals surface area contributed by atoms with Crippen molar-refractivity contribution in [1.82, 2.24) is 9.88 Å². The Morgan fingerprint density at radius 1 is 1.62 bits per heavy atom. The van der Waals surface area contributed by atoms with Gasteiger partial charge in [-0.3, -0.25) is 4.99 Å². The second-order valence-corrected chi connectivity index (χ2v) is 5.88. The Labute approximate surface area is 126 Å². The van der Waals surface area contributed by atoms with Crippen molar-refractivity contribution in [3.8, 4) is 0 Å². The maximum atomic E-state index is 12.1. The molecule has 0 spiro atoms. The van der Waals surface area contributed by atoms with Crippen LogP contribution in [0.1, 0.15) is 18.4 Å². The number of esters is 1. The molecule has 0 saturated carbocycles. The van der Waals surface area contributed by atoms with Crippen molar-refractivity contribution in [3.05, 3.63) is 27.9 Å². The van der Waals surface area contributed by atoms with E-state index in [0.717, 1.165) is 16.5 Å². The monoisotopic (exact) mass is 307 g/mol. The minimum Gasteiger partial charge on any atom is -0.463 e. The Morgan fingerprint density at radius 2 is 2.48 bits per heavy atom. The molecule has 21 heavy (non-hydrogen) atoms. The van der Waals surface area contributed by atoms with Crippen LogP contribution in [0.15, 0.2) is 27.8 Å². The fourth-order valence-corrected chi connectivity index (χ4v) is 3.34. The number of aromatic nitrogens is 1. The summed E-state index contributed by atoms with van der Waals surface area (Å²) in [5, 5.41) is 12.2. The van der Waals surface area contributed by atoms with Crippen molar-refractivity contribution >= 4 is 23.1 Å². The van der Waals surface area contributed by atoms with Gasteiger partial charge in [0.2, 0.25) is 0 Å². The number of carbonyl (C=O) groups is 1. The molecule has 3 heterocycles. The van der Waals surface area contributed by atoms with Gasteiger partial charge in [0.25, 0.3) is 0 Å². The van der Waals surface area contributed by atoms with Crippen LogP contribution in [-0.4, -0.2) is 53.1 Å². The highest BCUT2D eigenvalue weighted by atomic mass is 32.1. The third-order valence-electron chi connectivity index (χ3n) is 3.64. The Hall–Kier alpha value is -1.73. The van der Waals surface area contributed by atoms with Crippen LogP contribution >= 0.6 is 11.3 Å². The highest BCUT2D eigenvalue weighted by Gasteiger charge is 2.37. The molecule has 2 aliphatic heterocycles. The molecule has 0 amide bonds. The van der Waals surface area contributed by atoms with E-state index in [4.69, 9.17) is 4.74 Å². The molecular weight excluding hydrogens is 290 g/mol. The predicted octanol–water partition coefficient (Wildman–Crippen LogP) is 1.03.